The van der Waals surface area contributed by atoms with Crippen molar-refractivity contribution in [3.8, 4) is 11.1 Å². The number of morpholine rings is 1. The summed E-state index contributed by atoms with van der Waals surface area (Å²) in [7, 11) is 0. The number of nitrogens with zero attached hydrogens (tertiary/aromatic N) is 4. The highest BCUT2D eigenvalue weighted by molar-refractivity contribution is 6.04. The van der Waals surface area contributed by atoms with Crippen molar-refractivity contribution in [1.82, 2.24) is 15.2 Å². The van der Waals surface area contributed by atoms with Gasteiger partial charge in [0.15, 0.2) is 0 Å². The van der Waals surface area contributed by atoms with E-state index in [9.17, 15) is 4.79 Å². The highest BCUT2D eigenvalue weighted by atomic mass is 16.5. The summed E-state index contributed by atoms with van der Waals surface area (Å²) >= 11 is 0. The second kappa shape index (κ2) is 8.14. The lowest BCUT2D eigenvalue weighted by atomic mass is 10.0. The molecule has 1 aliphatic rings. The van der Waals surface area contributed by atoms with Gasteiger partial charge in [0.2, 0.25) is 0 Å². The molecule has 142 valence electrons. The van der Waals surface area contributed by atoms with Crippen LogP contribution in [0.1, 0.15) is 15.9 Å². The van der Waals surface area contributed by atoms with Gasteiger partial charge in [-0.25, -0.2) is 4.98 Å². The van der Waals surface area contributed by atoms with Crippen molar-refractivity contribution < 1.29 is 9.53 Å². The number of ether oxygens (including phenoxy) is 1. The standard InChI is InChI=1S/C21H21N5O2/c1-15-2-3-18(25-21(27)17-5-7-23-24-14-17)13-19(15)16-4-6-22-20(12-16)26-8-10-28-11-9-26/h2-7,12-14H,8-11H2,1H3,(H,25,27). The van der Waals surface area contributed by atoms with E-state index in [1.807, 2.05) is 30.5 Å². The largest absolute Gasteiger partial charge is 0.378 e. The SMILES string of the molecule is Cc1ccc(NC(=O)c2ccnnc2)cc1-c1ccnc(N2CCOCC2)c1. The molecule has 3 heterocycles. The van der Waals surface area contributed by atoms with E-state index in [0.717, 1.165) is 54.5 Å². The smallest absolute Gasteiger partial charge is 0.257 e. The summed E-state index contributed by atoms with van der Waals surface area (Å²) in [5.74, 6) is 0.728. The average molecular weight is 375 g/mol. The first-order chi connectivity index (χ1) is 13.7. The Bertz CT molecular complexity index is 972. The molecule has 4 rings (SSSR count). The summed E-state index contributed by atoms with van der Waals surface area (Å²) in [4.78, 5) is 19.1. The number of anilines is 2. The van der Waals surface area contributed by atoms with Crippen LogP contribution < -0.4 is 10.2 Å². The van der Waals surface area contributed by atoms with Crippen LogP contribution >= 0.6 is 0 Å². The Labute approximate surface area is 163 Å². The topological polar surface area (TPSA) is 80.2 Å². The Morgan fingerprint density at radius 1 is 1.07 bits per heavy atom. The Balaban J connectivity index is 1.60. The number of carbonyl (C=O) groups excluding carboxylic acids is 1. The van der Waals surface area contributed by atoms with Gasteiger partial charge in [-0.05, 0) is 53.9 Å². The summed E-state index contributed by atoms with van der Waals surface area (Å²) in [5.41, 5.74) is 4.45. The predicted octanol–water partition coefficient (Wildman–Crippen LogP) is 2.94. The summed E-state index contributed by atoms with van der Waals surface area (Å²) < 4.78 is 5.43. The molecule has 0 aliphatic carbocycles. The molecule has 1 amide bonds. The third kappa shape index (κ3) is 3.99. The fourth-order valence-corrected chi connectivity index (χ4v) is 3.19. The van der Waals surface area contributed by atoms with Crippen molar-refractivity contribution in [1.29, 1.82) is 0 Å². The molecular weight excluding hydrogens is 354 g/mol. The van der Waals surface area contributed by atoms with Crippen molar-refractivity contribution in [2.45, 2.75) is 6.92 Å². The first-order valence-electron chi connectivity index (χ1n) is 9.18. The molecule has 1 aliphatic heterocycles. The zero-order valence-electron chi connectivity index (χ0n) is 15.6. The van der Waals surface area contributed by atoms with Crippen LogP contribution in [-0.4, -0.2) is 47.4 Å². The molecule has 0 unspecified atom stereocenters. The summed E-state index contributed by atoms with van der Waals surface area (Å²) in [5, 5.41) is 10.4. The Kier molecular flexibility index (Phi) is 5.25. The van der Waals surface area contributed by atoms with Crippen molar-refractivity contribution in [3.05, 3.63) is 66.1 Å². The quantitative estimate of drug-likeness (QED) is 0.755. The zero-order chi connectivity index (χ0) is 19.3. The number of hydrogen-bond acceptors (Lipinski definition) is 6. The minimum Gasteiger partial charge on any atom is -0.378 e. The van der Waals surface area contributed by atoms with E-state index >= 15 is 0 Å². The molecule has 7 heteroatoms. The summed E-state index contributed by atoms with van der Waals surface area (Å²) in [6.45, 7) is 5.17. The maximum atomic E-state index is 12.4. The number of aromatic nitrogens is 3. The summed E-state index contributed by atoms with van der Waals surface area (Å²) in [6, 6.07) is 11.6. The molecule has 1 fully saturated rings. The Morgan fingerprint density at radius 2 is 1.93 bits per heavy atom. The van der Waals surface area contributed by atoms with E-state index in [1.165, 1.54) is 12.4 Å². The van der Waals surface area contributed by atoms with Gasteiger partial charge in [-0.15, -0.1) is 0 Å². The van der Waals surface area contributed by atoms with Gasteiger partial charge < -0.3 is 15.0 Å². The molecule has 1 saturated heterocycles. The molecule has 2 aromatic heterocycles. The van der Waals surface area contributed by atoms with Gasteiger partial charge in [-0.3, -0.25) is 4.79 Å². The van der Waals surface area contributed by atoms with E-state index in [4.69, 9.17) is 4.74 Å². The number of carbonyl (C=O) groups is 1. The third-order valence-corrected chi connectivity index (χ3v) is 4.73. The lowest BCUT2D eigenvalue weighted by Gasteiger charge is -2.28. The van der Waals surface area contributed by atoms with E-state index < -0.39 is 0 Å². The van der Waals surface area contributed by atoms with E-state index in [-0.39, 0.29) is 5.91 Å². The molecule has 0 saturated carbocycles. The first kappa shape index (κ1) is 18.1. The highest BCUT2D eigenvalue weighted by Crippen LogP contribution is 2.29. The van der Waals surface area contributed by atoms with E-state index in [2.05, 4.69) is 38.4 Å². The van der Waals surface area contributed by atoms with Crippen molar-refractivity contribution in [3.63, 3.8) is 0 Å². The van der Waals surface area contributed by atoms with Gasteiger partial charge in [0.1, 0.15) is 5.82 Å². The van der Waals surface area contributed by atoms with Crippen LogP contribution in [0.15, 0.2) is 55.0 Å². The normalized spacial score (nSPS) is 14.0. The lowest BCUT2D eigenvalue weighted by molar-refractivity contribution is 0.102. The van der Waals surface area contributed by atoms with E-state index in [0.29, 0.717) is 5.56 Å². The van der Waals surface area contributed by atoms with Crippen molar-refractivity contribution >= 4 is 17.4 Å². The molecule has 0 radical (unpaired) electrons. The second-order valence-electron chi connectivity index (χ2n) is 6.62. The molecule has 7 nitrogen and oxygen atoms in total. The molecule has 28 heavy (non-hydrogen) atoms. The number of pyridine rings is 1. The van der Waals surface area contributed by atoms with E-state index in [1.54, 1.807) is 6.07 Å². The Morgan fingerprint density at radius 3 is 2.71 bits per heavy atom. The molecule has 0 atom stereocenters. The molecule has 3 aromatic rings. The van der Waals surface area contributed by atoms with Crippen LogP contribution in [0.2, 0.25) is 0 Å². The number of hydrogen-bond donors (Lipinski definition) is 1. The zero-order valence-corrected chi connectivity index (χ0v) is 15.6. The van der Waals surface area contributed by atoms with Crippen molar-refractivity contribution in [2.24, 2.45) is 0 Å². The van der Waals surface area contributed by atoms with Crippen LogP contribution in [0, 0.1) is 6.92 Å². The maximum absolute atomic E-state index is 12.4. The number of nitrogens with one attached hydrogen (secondary N) is 1. The summed E-state index contributed by atoms with van der Waals surface area (Å²) in [6.07, 6.45) is 4.77. The van der Waals surface area contributed by atoms with Gasteiger partial charge >= 0.3 is 0 Å². The number of amides is 1. The number of benzene rings is 1. The molecule has 0 bridgehead atoms. The minimum absolute atomic E-state index is 0.214. The second-order valence-corrected chi connectivity index (χ2v) is 6.62. The van der Waals surface area contributed by atoms with Gasteiger partial charge in [0, 0.05) is 25.0 Å². The van der Waals surface area contributed by atoms with Crippen LogP contribution in [0.4, 0.5) is 11.5 Å². The Hall–Kier alpha value is -3.32. The highest BCUT2D eigenvalue weighted by Gasteiger charge is 2.14. The van der Waals surface area contributed by atoms with Gasteiger partial charge in [0.05, 0.1) is 31.2 Å². The predicted molar refractivity (Wildman–Crippen MR) is 107 cm³/mol. The van der Waals surface area contributed by atoms with Gasteiger partial charge in [-0.2, -0.15) is 10.2 Å². The van der Waals surface area contributed by atoms with Gasteiger partial charge in [0.25, 0.3) is 5.91 Å². The monoisotopic (exact) mass is 375 g/mol. The first-order valence-corrected chi connectivity index (χ1v) is 9.18. The minimum atomic E-state index is -0.214. The van der Waals surface area contributed by atoms with Crippen molar-refractivity contribution in [2.75, 3.05) is 36.5 Å². The van der Waals surface area contributed by atoms with Gasteiger partial charge in [-0.1, -0.05) is 6.07 Å². The van der Waals surface area contributed by atoms with Crippen LogP contribution in [-0.2, 0) is 4.74 Å². The number of rotatable bonds is 4. The van der Waals surface area contributed by atoms with Crippen LogP contribution in [0.3, 0.4) is 0 Å². The fraction of sp³-hybridized carbons (Fsp3) is 0.238. The van der Waals surface area contributed by atoms with Crippen LogP contribution in [0.5, 0.6) is 0 Å². The molecule has 1 aromatic carbocycles. The molecule has 1 N–H and O–H groups in total. The third-order valence-electron chi connectivity index (χ3n) is 4.73. The van der Waals surface area contributed by atoms with Crippen LogP contribution in [0.25, 0.3) is 11.1 Å². The maximum Gasteiger partial charge on any atom is 0.257 e. The molecular formula is C21H21N5O2. The fourth-order valence-electron chi connectivity index (χ4n) is 3.19. The molecule has 0 spiro atoms. The lowest BCUT2D eigenvalue weighted by Crippen LogP contribution is -2.36. The number of aryl methyl sites for hydroxylation is 1. The average Bonchev–Trinajstić information content (AvgIpc) is 2.76.